The van der Waals surface area contributed by atoms with E-state index in [-0.39, 0.29) is 24.3 Å². The van der Waals surface area contributed by atoms with Gasteiger partial charge in [0.2, 0.25) is 0 Å². The number of hydrogen-bond acceptors (Lipinski definition) is 4. The highest BCUT2D eigenvalue weighted by Gasteiger charge is 2.24. The molecule has 0 aliphatic heterocycles. The highest BCUT2D eigenvalue weighted by molar-refractivity contribution is 5.79. The van der Waals surface area contributed by atoms with Crippen LogP contribution in [0.25, 0.3) is 0 Å². The van der Waals surface area contributed by atoms with Crippen molar-refractivity contribution < 1.29 is 19.1 Å². The minimum absolute atomic E-state index is 0.170. The molecule has 0 spiro atoms. The van der Waals surface area contributed by atoms with Crippen molar-refractivity contribution in [3.05, 3.63) is 12.2 Å². The van der Waals surface area contributed by atoms with Crippen LogP contribution in [0.5, 0.6) is 0 Å². The van der Waals surface area contributed by atoms with E-state index in [1.165, 1.54) is 212 Å². The molecule has 0 radical (unpaired) electrons. The van der Waals surface area contributed by atoms with Crippen LogP contribution in [0, 0.1) is 5.92 Å². The van der Waals surface area contributed by atoms with E-state index in [0.29, 0.717) is 13.2 Å². The lowest BCUT2D eigenvalue weighted by molar-refractivity contribution is -0.155. The summed E-state index contributed by atoms with van der Waals surface area (Å²) in [6, 6.07) is 0. The maximum Gasteiger partial charge on any atom is 0.309 e. The summed E-state index contributed by atoms with van der Waals surface area (Å²) in [6.07, 6.45) is 55.9. The zero-order chi connectivity index (χ0) is 40.0. The van der Waals surface area contributed by atoms with Crippen molar-refractivity contribution in [1.29, 1.82) is 0 Å². The number of carbonyl (C=O) groups is 2. The van der Waals surface area contributed by atoms with Crippen LogP contribution in [0.1, 0.15) is 284 Å². The molecule has 0 aliphatic rings. The van der Waals surface area contributed by atoms with E-state index in [9.17, 15) is 9.59 Å². The second-order valence-corrected chi connectivity index (χ2v) is 17.1. The molecule has 0 bridgehead atoms. The molecule has 1 atom stereocenters. The molecular weight excluding hydrogens is 677 g/mol. The van der Waals surface area contributed by atoms with Crippen molar-refractivity contribution in [2.24, 2.45) is 5.92 Å². The van der Waals surface area contributed by atoms with E-state index in [2.05, 4.69) is 32.9 Å². The molecule has 0 saturated carbocycles. The summed E-state index contributed by atoms with van der Waals surface area (Å²) in [4.78, 5) is 25.9. The molecule has 1 unspecified atom stereocenters. The lowest BCUT2D eigenvalue weighted by Crippen LogP contribution is -2.23. The molecule has 0 rings (SSSR count). The summed E-state index contributed by atoms with van der Waals surface area (Å²) < 4.78 is 11.4. The second kappa shape index (κ2) is 47.1. The van der Waals surface area contributed by atoms with Crippen LogP contribution in [0.2, 0.25) is 0 Å². The standard InChI is InChI=1S/C51H98O4/c1-4-7-10-13-16-19-22-23-24-25-26-27-28-29-30-33-36-39-42-45-49(51(53)55-47-44-41-38-35-32-21-18-15-12-9-6-3)48-50(52)54-46-43-40-37-34-31-20-17-14-11-8-5-2/h23-24,49H,4-22,25-48H2,1-3H3/b24-23+. The number of carbonyl (C=O) groups excluding carboxylic acids is 2. The van der Waals surface area contributed by atoms with Crippen LogP contribution < -0.4 is 0 Å². The fourth-order valence-electron chi connectivity index (χ4n) is 7.74. The van der Waals surface area contributed by atoms with Crippen LogP contribution in [0.15, 0.2) is 12.2 Å². The quantitative estimate of drug-likeness (QED) is 0.0351. The third-order valence-corrected chi connectivity index (χ3v) is 11.6. The van der Waals surface area contributed by atoms with Gasteiger partial charge in [-0.3, -0.25) is 9.59 Å². The van der Waals surface area contributed by atoms with Crippen LogP contribution in [0.3, 0.4) is 0 Å². The van der Waals surface area contributed by atoms with Crippen molar-refractivity contribution in [3.8, 4) is 0 Å². The summed E-state index contributed by atoms with van der Waals surface area (Å²) in [5, 5.41) is 0. The lowest BCUT2D eigenvalue weighted by atomic mass is 9.97. The van der Waals surface area contributed by atoms with Gasteiger partial charge in [-0.25, -0.2) is 0 Å². The van der Waals surface area contributed by atoms with E-state index in [4.69, 9.17) is 9.47 Å². The number of allylic oxidation sites excluding steroid dienone is 2. The number of hydrogen-bond donors (Lipinski definition) is 0. The minimum atomic E-state index is -0.364. The zero-order valence-corrected chi connectivity index (χ0v) is 37.8. The van der Waals surface area contributed by atoms with Crippen LogP contribution >= 0.6 is 0 Å². The lowest BCUT2D eigenvalue weighted by Gasteiger charge is -2.16. The molecule has 326 valence electrons. The van der Waals surface area contributed by atoms with Gasteiger partial charge in [-0.1, -0.05) is 245 Å². The Kier molecular flexibility index (Phi) is 45.9. The monoisotopic (exact) mass is 775 g/mol. The van der Waals surface area contributed by atoms with Gasteiger partial charge in [0.25, 0.3) is 0 Å². The fourth-order valence-corrected chi connectivity index (χ4v) is 7.74. The Labute approximate surface area is 345 Å². The summed E-state index contributed by atoms with van der Waals surface area (Å²) in [5.74, 6) is -0.773. The molecule has 55 heavy (non-hydrogen) atoms. The van der Waals surface area contributed by atoms with Crippen LogP contribution in [-0.2, 0) is 19.1 Å². The summed E-state index contributed by atoms with van der Waals surface area (Å²) in [7, 11) is 0. The Morgan fingerprint density at radius 1 is 0.364 bits per heavy atom. The van der Waals surface area contributed by atoms with Crippen LogP contribution in [-0.4, -0.2) is 25.2 Å². The molecule has 0 heterocycles. The molecule has 0 aromatic heterocycles. The van der Waals surface area contributed by atoms with E-state index < -0.39 is 0 Å². The molecule has 0 aromatic carbocycles. The summed E-state index contributed by atoms with van der Waals surface area (Å²) >= 11 is 0. The van der Waals surface area contributed by atoms with Crippen molar-refractivity contribution in [2.75, 3.05) is 13.2 Å². The Morgan fingerprint density at radius 3 is 1.02 bits per heavy atom. The maximum absolute atomic E-state index is 13.1. The Hall–Kier alpha value is -1.32. The van der Waals surface area contributed by atoms with Crippen LogP contribution in [0.4, 0.5) is 0 Å². The van der Waals surface area contributed by atoms with Crippen molar-refractivity contribution in [1.82, 2.24) is 0 Å². The highest BCUT2D eigenvalue weighted by Crippen LogP contribution is 2.20. The average molecular weight is 775 g/mol. The molecule has 0 N–H and O–H groups in total. The predicted octanol–water partition coefficient (Wildman–Crippen LogP) is 17.3. The third-order valence-electron chi connectivity index (χ3n) is 11.6. The van der Waals surface area contributed by atoms with Gasteiger partial charge >= 0.3 is 11.9 Å². The smallest absolute Gasteiger partial charge is 0.309 e. The zero-order valence-electron chi connectivity index (χ0n) is 37.8. The molecule has 0 aliphatic carbocycles. The largest absolute Gasteiger partial charge is 0.466 e. The minimum Gasteiger partial charge on any atom is -0.466 e. The normalized spacial score (nSPS) is 12.1. The van der Waals surface area contributed by atoms with Gasteiger partial charge in [-0.2, -0.15) is 0 Å². The molecular formula is C51H98O4. The first-order chi connectivity index (χ1) is 27.2. The van der Waals surface area contributed by atoms with Gasteiger partial charge in [0.1, 0.15) is 0 Å². The first-order valence-corrected chi connectivity index (χ1v) is 25.1. The molecule has 4 heteroatoms. The van der Waals surface area contributed by atoms with Gasteiger partial charge in [-0.15, -0.1) is 0 Å². The molecule has 0 saturated heterocycles. The highest BCUT2D eigenvalue weighted by atomic mass is 16.5. The molecule has 0 fully saturated rings. The second-order valence-electron chi connectivity index (χ2n) is 17.1. The van der Waals surface area contributed by atoms with Crippen molar-refractivity contribution >= 4 is 11.9 Å². The SMILES string of the molecule is CCCCCCCC/C=C/CCCCCCCCCCCC(CC(=O)OCCCCCCCCCCCCC)C(=O)OCCCCCCCCCCCCC. The van der Waals surface area contributed by atoms with Gasteiger partial charge in [0.05, 0.1) is 25.6 Å². The molecule has 4 nitrogen and oxygen atoms in total. The number of unbranched alkanes of at least 4 members (excludes halogenated alkanes) is 35. The Balaban J connectivity index is 4.20. The summed E-state index contributed by atoms with van der Waals surface area (Å²) in [6.45, 7) is 7.79. The number of esters is 2. The third kappa shape index (κ3) is 43.6. The molecule has 0 amide bonds. The first-order valence-electron chi connectivity index (χ1n) is 25.1. The van der Waals surface area contributed by atoms with Gasteiger partial charge in [0.15, 0.2) is 0 Å². The topological polar surface area (TPSA) is 52.6 Å². The number of rotatable bonds is 46. The fraction of sp³-hybridized carbons (Fsp3) is 0.922. The maximum atomic E-state index is 13.1. The van der Waals surface area contributed by atoms with E-state index in [1.54, 1.807) is 0 Å². The van der Waals surface area contributed by atoms with Gasteiger partial charge in [-0.05, 0) is 44.9 Å². The van der Waals surface area contributed by atoms with Gasteiger partial charge in [0, 0.05) is 0 Å². The van der Waals surface area contributed by atoms with Crippen molar-refractivity contribution in [2.45, 2.75) is 284 Å². The Bertz CT molecular complexity index is 792. The Morgan fingerprint density at radius 2 is 0.655 bits per heavy atom. The predicted molar refractivity (Wildman–Crippen MR) is 241 cm³/mol. The number of ether oxygens (including phenoxy) is 2. The van der Waals surface area contributed by atoms with E-state index in [0.717, 1.165) is 44.9 Å². The average Bonchev–Trinajstić information content (AvgIpc) is 3.19. The van der Waals surface area contributed by atoms with E-state index in [1.807, 2.05) is 0 Å². The van der Waals surface area contributed by atoms with Crippen molar-refractivity contribution in [3.63, 3.8) is 0 Å². The summed E-state index contributed by atoms with van der Waals surface area (Å²) in [5.41, 5.74) is 0. The molecule has 0 aromatic rings. The van der Waals surface area contributed by atoms with E-state index >= 15 is 0 Å². The first kappa shape index (κ1) is 53.7. The van der Waals surface area contributed by atoms with Gasteiger partial charge < -0.3 is 9.47 Å².